The summed E-state index contributed by atoms with van der Waals surface area (Å²) in [5.41, 5.74) is 0. The Kier molecular flexibility index (Phi) is 6.76. The molecule has 0 aliphatic heterocycles. The molecule has 1 N–H and O–H groups in total. The molecule has 0 spiro atoms. The van der Waals surface area contributed by atoms with E-state index >= 15 is 0 Å². The van der Waals surface area contributed by atoms with Gasteiger partial charge in [-0.25, -0.2) is 0 Å². The molecule has 0 aliphatic carbocycles. The number of aliphatic hydroxyl groups excluding tert-OH is 1. The lowest BCUT2D eigenvalue weighted by atomic mass is 10.2. The lowest BCUT2D eigenvalue weighted by molar-refractivity contribution is -0.145. The Morgan fingerprint density at radius 1 is 1.50 bits per heavy atom. The van der Waals surface area contributed by atoms with E-state index in [1.54, 1.807) is 6.92 Å². The average molecular weight is 174 g/mol. The maximum Gasteiger partial charge on any atom is 0.308 e. The van der Waals surface area contributed by atoms with Gasteiger partial charge in [-0.3, -0.25) is 4.79 Å². The number of unbranched alkanes of at least 4 members (excludes halogenated alkanes) is 2. The second kappa shape index (κ2) is 7.10. The molecule has 0 amide bonds. The summed E-state index contributed by atoms with van der Waals surface area (Å²) in [4.78, 5) is 10.8. The summed E-state index contributed by atoms with van der Waals surface area (Å²) < 4.78 is 4.86. The topological polar surface area (TPSA) is 46.5 Å². The van der Waals surface area contributed by atoms with E-state index in [2.05, 4.69) is 6.92 Å². The van der Waals surface area contributed by atoms with Crippen LogP contribution in [0.25, 0.3) is 0 Å². The molecule has 0 bridgehead atoms. The number of ether oxygens (including phenoxy) is 1. The second-order valence-corrected chi connectivity index (χ2v) is 2.98. The van der Waals surface area contributed by atoms with E-state index < -0.39 is 6.10 Å². The molecule has 0 saturated heterocycles. The number of aliphatic hydroxyl groups is 1. The number of carbonyl (C=O) groups excluding carboxylic acids is 1. The maximum absolute atomic E-state index is 10.8. The van der Waals surface area contributed by atoms with Gasteiger partial charge in [-0.2, -0.15) is 0 Å². The molecule has 0 aromatic rings. The van der Waals surface area contributed by atoms with Gasteiger partial charge in [0.25, 0.3) is 0 Å². The number of hydrogen-bond donors (Lipinski definition) is 1. The highest BCUT2D eigenvalue weighted by molar-refractivity contribution is 5.69. The molecule has 0 rings (SSSR count). The quantitative estimate of drug-likeness (QED) is 0.490. The third-order valence-corrected chi connectivity index (χ3v) is 1.47. The molecule has 1 atom stereocenters. The minimum Gasteiger partial charge on any atom is -0.466 e. The normalized spacial score (nSPS) is 12.6. The Hall–Kier alpha value is -0.570. The standard InChI is InChI=1S/C9H18O3/c1-3-4-5-6-12-9(11)7-8(2)10/h8,10H,3-7H2,1-2H3. The van der Waals surface area contributed by atoms with Gasteiger partial charge >= 0.3 is 5.97 Å². The fourth-order valence-electron chi connectivity index (χ4n) is 0.838. The molecule has 0 heterocycles. The third-order valence-electron chi connectivity index (χ3n) is 1.47. The van der Waals surface area contributed by atoms with Crippen LogP contribution in [0, 0.1) is 0 Å². The Morgan fingerprint density at radius 2 is 2.17 bits per heavy atom. The molecule has 1 unspecified atom stereocenters. The van der Waals surface area contributed by atoms with Crippen LogP contribution in [0.15, 0.2) is 0 Å². The van der Waals surface area contributed by atoms with Gasteiger partial charge in [0.1, 0.15) is 0 Å². The van der Waals surface area contributed by atoms with Crippen LogP contribution >= 0.6 is 0 Å². The van der Waals surface area contributed by atoms with Crippen molar-refractivity contribution in [1.82, 2.24) is 0 Å². The van der Waals surface area contributed by atoms with E-state index in [0.29, 0.717) is 6.61 Å². The summed E-state index contributed by atoms with van der Waals surface area (Å²) in [5.74, 6) is -0.305. The van der Waals surface area contributed by atoms with Crippen LogP contribution in [-0.4, -0.2) is 23.8 Å². The highest BCUT2D eigenvalue weighted by Gasteiger charge is 2.05. The van der Waals surface area contributed by atoms with Gasteiger partial charge in [0.2, 0.25) is 0 Å². The molecule has 3 nitrogen and oxygen atoms in total. The second-order valence-electron chi connectivity index (χ2n) is 2.98. The van der Waals surface area contributed by atoms with Gasteiger partial charge in [0, 0.05) is 0 Å². The van der Waals surface area contributed by atoms with Crippen molar-refractivity contribution in [3.05, 3.63) is 0 Å². The van der Waals surface area contributed by atoms with Gasteiger partial charge in [0.05, 0.1) is 19.1 Å². The summed E-state index contributed by atoms with van der Waals surface area (Å²) in [6.07, 6.45) is 2.63. The SMILES string of the molecule is CCCCCOC(=O)CC(C)O. The number of rotatable bonds is 6. The first-order valence-corrected chi connectivity index (χ1v) is 4.50. The largest absolute Gasteiger partial charge is 0.466 e. The number of carbonyl (C=O) groups is 1. The molecule has 0 aliphatic rings. The van der Waals surface area contributed by atoms with Gasteiger partial charge in [-0.1, -0.05) is 19.8 Å². The van der Waals surface area contributed by atoms with Crippen LogP contribution in [0.2, 0.25) is 0 Å². The van der Waals surface area contributed by atoms with Crippen LogP contribution in [0.3, 0.4) is 0 Å². The molecule has 0 aromatic heterocycles. The zero-order chi connectivity index (χ0) is 9.40. The van der Waals surface area contributed by atoms with Crippen molar-refractivity contribution >= 4 is 5.97 Å². The van der Waals surface area contributed by atoms with E-state index in [0.717, 1.165) is 19.3 Å². The summed E-state index contributed by atoms with van der Waals surface area (Å²) in [6, 6.07) is 0. The van der Waals surface area contributed by atoms with Crippen molar-refractivity contribution in [2.75, 3.05) is 6.61 Å². The van der Waals surface area contributed by atoms with Crippen molar-refractivity contribution in [1.29, 1.82) is 0 Å². The predicted molar refractivity (Wildman–Crippen MR) is 46.8 cm³/mol. The molecule has 12 heavy (non-hydrogen) atoms. The number of esters is 1. The fraction of sp³-hybridized carbons (Fsp3) is 0.889. The smallest absolute Gasteiger partial charge is 0.308 e. The van der Waals surface area contributed by atoms with E-state index in [-0.39, 0.29) is 12.4 Å². The van der Waals surface area contributed by atoms with Crippen LogP contribution < -0.4 is 0 Å². The van der Waals surface area contributed by atoms with Crippen molar-refractivity contribution in [2.45, 2.75) is 45.6 Å². The maximum atomic E-state index is 10.8. The molecule has 0 fully saturated rings. The number of hydrogen-bond acceptors (Lipinski definition) is 3. The van der Waals surface area contributed by atoms with Crippen molar-refractivity contribution < 1.29 is 14.6 Å². The average Bonchev–Trinajstić information content (AvgIpc) is 1.97. The first-order chi connectivity index (χ1) is 5.66. The Labute approximate surface area is 73.7 Å². The van der Waals surface area contributed by atoms with E-state index in [1.165, 1.54) is 0 Å². The highest BCUT2D eigenvalue weighted by atomic mass is 16.5. The zero-order valence-corrected chi connectivity index (χ0v) is 7.88. The summed E-state index contributed by atoms with van der Waals surface area (Å²) in [6.45, 7) is 4.16. The summed E-state index contributed by atoms with van der Waals surface area (Å²) in [7, 11) is 0. The van der Waals surface area contributed by atoms with Crippen molar-refractivity contribution in [3.63, 3.8) is 0 Å². The Balaban J connectivity index is 3.20. The Morgan fingerprint density at radius 3 is 2.67 bits per heavy atom. The van der Waals surface area contributed by atoms with Crippen LogP contribution in [0.4, 0.5) is 0 Å². The minimum absolute atomic E-state index is 0.103. The summed E-state index contributed by atoms with van der Waals surface area (Å²) in [5, 5.41) is 8.82. The molecular weight excluding hydrogens is 156 g/mol. The van der Waals surface area contributed by atoms with Gasteiger partial charge < -0.3 is 9.84 Å². The van der Waals surface area contributed by atoms with Crippen LogP contribution in [0.5, 0.6) is 0 Å². The Bertz CT molecular complexity index is 121. The highest BCUT2D eigenvalue weighted by Crippen LogP contribution is 1.97. The lowest BCUT2D eigenvalue weighted by Gasteiger charge is -2.05. The van der Waals surface area contributed by atoms with Crippen molar-refractivity contribution in [2.24, 2.45) is 0 Å². The molecule has 3 heteroatoms. The fourth-order valence-corrected chi connectivity index (χ4v) is 0.838. The van der Waals surface area contributed by atoms with E-state index in [9.17, 15) is 4.79 Å². The van der Waals surface area contributed by atoms with Crippen molar-refractivity contribution in [3.8, 4) is 0 Å². The summed E-state index contributed by atoms with van der Waals surface area (Å²) >= 11 is 0. The zero-order valence-electron chi connectivity index (χ0n) is 7.88. The van der Waals surface area contributed by atoms with Crippen LogP contribution in [-0.2, 0) is 9.53 Å². The lowest BCUT2D eigenvalue weighted by Crippen LogP contribution is -2.13. The minimum atomic E-state index is -0.594. The molecule has 72 valence electrons. The molecule has 0 saturated carbocycles. The van der Waals surface area contributed by atoms with Gasteiger partial charge in [-0.15, -0.1) is 0 Å². The molecule has 0 aromatic carbocycles. The van der Waals surface area contributed by atoms with E-state index in [4.69, 9.17) is 9.84 Å². The third kappa shape index (κ3) is 7.54. The van der Waals surface area contributed by atoms with Gasteiger partial charge in [0.15, 0.2) is 0 Å². The monoisotopic (exact) mass is 174 g/mol. The predicted octanol–water partition coefficient (Wildman–Crippen LogP) is 1.49. The van der Waals surface area contributed by atoms with Crippen LogP contribution in [0.1, 0.15) is 39.5 Å². The molecule has 0 radical (unpaired) electrons. The first kappa shape index (κ1) is 11.4. The van der Waals surface area contributed by atoms with Gasteiger partial charge in [-0.05, 0) is 13.3 Å². The first-order valence-electron chi connectivity index (χ1n) is 4.50. The molecular formula is C9H18O3. The van der Waals surface area contributed by atoms with E-state index in [1.807, 2.05) is 0 Å².